The number of hydrogen-bond donors (Lipinski definition) is 1. The Bertz CT molecular complexity index is 539. The summed E-state index contributed by atoms with van der Waals surface area (Å²) in [7, 11) is 0. The first-order chi connectivity index (χ1) is 10.1. The van der Waals surface area contributed by atoms with Crippen molar-refractivity contribution in [2.24, 2.45) is 5.92 Å². The number of nitrogens with one attached hydrogen (secondary N) is 1. The largest absolute Gasteiger partial charge is 0.489 e. The highest BCUT2D eigenvalue weighted by atomic mass is 16.5. The fourth-order valence-electron chi connectivity index (χ4n) is 2.07. The van der Waals surface area contributed by atoms with Crippen LogP contribution in [0.15, 0.2) is 28.8 Å². The fourth-order valence-corrected chi connectivity index (χ4v) is 2.07. The first-order valence-corrected chi connectivity index (χ1v) is 7.40. The predicted molar refractivity (Wildman–Crippen MR) is 83.3 cm³/mol. The SMILES string of the molecule is Cc1noc(C)c1COc1ccc(CNCC(C)C)cc1. The molecule has 0 fully saturated rings. The Morgan fingerprint density at radius 2 is 1.90 bits per heavy atom. The molecule has 0 radical (unpaired) electrons. The van der Waals surface area contributed by atoms with Crippen LogP contribution in [-0.4, -0.2) is 11.7 Å². The van der Waals surface area contributed by atoms with Crippen LogP contribution in [0.2, 0.25) is 0 Å². The smallest absolute Gasteiger partial charge is 0.140 e. The van der Waals surface area contributed by atoms with Gasteiger partial charge in [0.1, 0.15) is 18.1 Å². The van der Waals surface area contributed by atoms with Crippen LogP contribution < -0.4 is 10.1 Å². The second-order valence-corrected chi connectivity index (χ2v) is 5.76. The molecule has 1 aromatic heterocycles. The van der Waals surface area contributed by atoms with Crippen molar-refractivity contribution in [1.29, 1.82) is 0 Å². The average molecular weight is 288 g/mol. The van der Waals surface area contributed by atoms with Gasteiger partial charge in [-0.15, -0.1) is 0 Å². The molecule has 0 amide bonds. The molecule has 0 aliphatic heterocycles. The van der Waals surface area contributed by atoms with E-state index in [9.17, 15) is 0 Å². The normalized spacial score (nSPS) is 11.1. The maximum absolute atomic E-state index is 5.79. The fraction of sp³-hybridized carbons (Fsp3) is 0.471. The molecule has 0 aliphatic rings. The molecule has 0 spiro atoms. The van der Waals surface area contributed by atoms with Crippen LogP contribution in [-0.2, 0) is 13.2 Å². The van der Waals surface area contributed by atoms with Crippen molar-refractivity contribution < 1.29 is 9.26 Å². The Balaban J connectivity index is 1.85. The van der Waals surface area contributed by atoms with Crippen LogP contribution in [0.3, 0.4) is 0 Å². The lowest BCUT2D eigenvalue weighted by molar-refractivity contribution is 0.301. The summed E-state index contributed by atoms with van der Waals surface area (Å²) in [4.78, 5) is 0. The van der Waals surface area contributed by atoms with E-state index in [0.29, 0.717) is 12.5 Å². The van der Waals surface area contributed by atoms with Gasteiger partial charge in [0.05, 0.1) is 11.3 Å². The lowest BCUT2D eigenvalue weighted by Crippen LogP contribution is -2.18. The zero-order valence-corrected chi connectivity index (χ0v) is 13.3. The highest BCUT2D eigenvalue weighted by Crippen LogP contribution is 2.17. The summed E-state index contributed by atoms with van der Waals surface area (Å²) < 4.78 is 10.9. The Hall–Kier alpha value is -1.81. The van der Waals surface area contributed by atoms with E-state index in [1.54, 1.807) is 0 Å². The van der Waals surface area contributed by atoms with E-state index in [-0.39, 0.29) is 0 Å². The molecule has 0 bridgehead atoms. The maximum Gasteiger partial charge on any atom is 0.140 e. The van der Waals surface area contributed by atoms with Gasteiger partial charge >= 0.3 is 0 Å². The molecule has 21 heavy (non-hydrogen) atoms. The van der Waals surface area contributed by atoms with Crippen LogP contribution in [0, 0.1) is 19.8 Å². The first-order valence-electron chi connectivity index (χ1n) is 7.40. The topological polar surface area (TPSA) is 47.3 Å². The van der Waals surface area contributed by atoms with E-state index in [1.165, 1.54) is 5.56 Å². The molecule has 4 nitrogen and oxygen atoms in total. The van der Waals surface area contributed by atoms with E-state index in [0.717, 1.165) is 35.9 Å². The average Bonchev–Trinajstić information content (AvgIpc) is 2.77. The van der Waals surface area contributed by atoms with Crippen molar-refractivity contribution in [1.82, 2.24) is 10.5 Å². The predicted octanol–water partition coefficient (Wildman–Crippen LogP) is 3.62. The van der Waals surface area contributed by atoms with Crippen LogP contribution in [0.4, 0.5) is 0 Å². The zero-order valence-electron chi connectivity index (χ0n) is 13.3. The second-order valence-electron chi connectivity index (χ2n) is 5.76. The minimum absolute atomic E-state index is 0.492. The van der Waals surface area contributed by atoms with Crippen LogP contribution in [0.25, 0.3) is 0 Å². The number of nitrogens with zero attached hydrogens (tertiary/aromatic N) is 1. The summed E-state index contributed by atoms with van der Waals surface area (Å²) in [5.41, 5.74) is 3.18. The quantitative estimate of drug-likeness (QED) is 0.845. The second kappa shape index (κ2) is 7.27. The van der Waals surface area contributed by atoms with E-state index < -0.39 is 0 Å². The standard InChI is InChI=1S/C17H24N2O2/c1-12(2)9-18-10-15-5-7-16(8-6-15)20-11-17-13(3)19-21-14(17)4/h5-8,12,18H,9-11H2,1-4H3. The van der Waals surface area contributed by atoms with Crippen LogP contribution in [0.5, 0.6) is 5.75 Å². The number of ether oxygens (including phenoxy) is 1. The summed E-state index contributed by atoms with van der Waals surface area (Å²) in [6.07, 6.45) is 0. The van der Waals surface area contributed by atoms with Crippen molar-refractivity contribution in [3.8, 4) is 5.75 Å². The number of aromatic nitrogens is 1. The van der Waals surface area contributed by atoms with Gasteiger partial charge in [0.25, 0.3) is 0 Å². The summed E-state index contributed by atoms with van der Waals surface area (Å²) in [5.74, 6) is 2.35. The number of hydrogen-bond acceptors (Lipinski definition) is 4. The molecular weight excluding hydrogens is 264 g/mol. The summed E-state index contributed by atoms with van der Waals surface area (Å²) >= 11 is 0. The van der Waals surface area contributed by atoms with E-state index in [4.69, 9.17) is 9.26 Å². The Kier molecular flexibility index (Phi) is 5.39. The van der Waals surface area contributed by atoms with Gasteiger partial charge in [-0.1, -0.05) is 31.1 Å². The van der Waals surface area contributed by atoms with Crippen molar-refractivity contribution in [2.75, 3.05) is 6.54 Å². The van der Waals surface area contributed by atoms with Gasteiger partial charge in [-0.3, -0.25) is 0 Å². The highest BCUT2D eigenvalue weighted by molar-refractivity contribution is 5.28. The van der Waals surface area contributed by atoms with Gasteiger partial charge in [0.2, 0.25) is 0 Å². The minimum Gasteiger partial charge on any atom is -0.489 e. The molecule has 1 heterocycles. The molecule has 0 unspecified atom stereocenters. The molecule has 4 heteroatoms. The van der Waals surface area contributed by atoms with Gasteiger partial charge in [-0.25, -0.2) is 0 Å². The molecule has 2 rings (SSSR count). The summed E-state index contributed by atoms with van der Waals surface area (Å²) in [6, 6.07) is 8.20. The van der Waals surface area contributed by atoms with Crippen molar-refractivity contribution in [3.05, 3.63) is 46.8 Å². The van der Waals surface area contributed by atoms with Gasteiger partial charge in [0.15, 0.2) is 0 Å². The number of benzene rings is 1. The molecule has 0 saturated heterocycles. The van der Waals surface area contributed by atoms with Gasteiger partial charge in [-0.05, 0) is 44.0 Å². The maximum atomic E-state index is 5.79. The summed E-state index contributed by atoms with van der Waals surface area (Å²) in [6.45, 7) is 10.7. The lowest BCUT2D eigenvalue weighted by atomic mass is 10.2. The third-order valence-corrected chi connectivity index (χ3v) is 3.37. The molecule has 2 aromatic rings. The van der Waals surface area contributed by atoms with Gasteiger partial charge in [0, 0.05) is 6.54 Å². The third-order valence-electron chi connectivity index (χ3n) is 3.37. The zero-order chi connectivity index (χ0) is 15.2. The molecule has 0 atom stereocenters. The summed E-state index contributed by atoms with van der Waals surface area (Å²) in [5, 5.41) is 7.36. The van der Waals surface area contributed by atoms with E-state index >= 15 is 0 Å². The van der Waals surface area contributed by atoms with Gasteiger partial charge < -0.3 is 14.6 Å². The monoisotopic (exact) mass is 288 g/mol. The van der Waals surface area contributed by atoms with E-state index in [1.807, 2.05) is 26.0 Å². The van der Waals surface area contributed by atoms with E-state index in [2.05, 4.69) is 36.5 Å². The Labute approximate surface area is 126 Å². The molecular formula is C17H24N2O2. The van der Waals surface area contributed by atoms with Gasteiger partial charge in [-0.2, -0.15) is 0 Å². The van der Waals surface area contributed by atoms with Crippen molar-refractivity contribution >= 4 is 0 Å². The Morgan fingerprint density at radius 1 is 1.19 bits per heavy atom. The van der Waals surface area contributed by atoms with Crippen LogP contribution in [0.1, 0.15) is 36.4 Å². The highest BCUT2D eigenvalue weighted by Gasteiger charge is 2.09. The van der Waals surface area contributed by atoms with Crippen molar-refractivity contribution in [3.63, 3.8) is 0 Å². The van der Waals surface area contributed by atoms with Crippen molar-refractivity contribution in [2.45, 2.75) is 40.8 Å². The third kappa shape index (κ3) is 4.60. The lowest BCUT2D eigenvalue weighted by Gasteiger charge is -2.09. The molecule has 114 valence electrons. The Morgan fingerprint density at radius 3 is 2.48 bits per heavy atom. The molecule has 0 saturated carbocycles. The molecule has 1 N–H and O–H groups in total. The number of rotatable bonds is 7. The number of aryl methyl sites for hydroxylation is 2. The van der Waals surface area contributed by atoms with Crippen LogP contribution >= 0.6 is 0 Å². The first kappa shape index (κ1) is 15.6. The molecule has 0 aliphatic carbocycles. The minimum atomic E-state index is 0.492. The molecule has 1 aromatic carbocycles.